The van der Waals surface area contributed by atoms with Crippen molar-refractivity contribution in [3.8, 4) is 11.3 Å². The van der Waals surface area contributed by atoms with Crippen LogP contribution < -0.4 is 5.32 Å². The van der Waals surface area contributed by atoms with E-state index in [4.69, 9.17) is 9.72 Å². The minimum atomic E-state index is -1.24. The summed E-state index contributed by atoms with van der Waals surface area (Å²) in [6.07, 6.45) is 5.85. The average molecular weight is 401 g/mol. The number of nitrogens with zero attached hydrogens (tertiary/aromatic N) is 2. The molecule has 6 heteroatoms. The zero-order valence-electron chi connectivity index (χ0n) is 16.9. The second-order valence-corrected chi connectivity index (χ2v) is 8.18. The molecule has 5 rings (SSSR count). The molecule has 0 fully saturated rings. The average Bonchev–Trinajstić information content (AvgIpc) is 3.18. The zero-order chi connectivity index (χ0) is 20.7. The Kier molecular flexibility index (Phi) is 4.42. The number of ether oxygens (including phenoxy) is 1. The molecule has 0 saturated carbocycles. The minimum Gasteiger partial charge on any atom is -0.445 e. The van der Waals surface area contributed by atoms with Crippen molar-refractivity contribution in [3.63, 3.8) is 0 Å². The van der Waals surface area contributed by atoms with E-state index in [1.54, 1.807) is 19.1 Å². The first-order chi connectivity index (χ1) is 14.5. The molecule has 1 amide bonds. The maximum atomic E-state index is 12.9. The standard InChI is InChI=1S/C24H23N3O3/c1-24(14-17-6-2-3-7-19(17)22(28)30-24)23(29)25-18-11-9-16(10-12-18)20-15-27-13-5-4-8-21(27)26-20/h2-3,6-7,9-12,15H,4-5,8,13-14H2,1H3,(H,25,29). The Balaban J connectivity index is 1.32. The number of carbonyl (C=O) groups excluding carboxylic acids is 2. The Morgan fingerprint density at radius 3 is 2.73 bits per heavy atom. The van der Waals surface area contributed by atoms with Gasteiger partial charge in [0, 0.05) is 36.8 Å². The van der Waals surface area contributed by atoms with Gasteiger partial charge >= 0.3 is 5.97 Å². The van der Waals surface area contributed by atoms with Gasteiger partial charge in [-0.05, 0) is 43.5 Å². The Morgan fingerprint density at radius 2 is 1.93 bits per heavy atom. The molecule has 0 radical (unpaired) electrons. The quantitative estimate of drug-likeness (QED) is 0.674. The van der Waals surface area contributed by atoms with Gasteiger partial charge in [-0.1, -0.05) is 30.3 Å². The predicted octanol–water partition coefficient (Wildman–Crippen LogP) is 4.00. The molecule has 0 spiro atoms. The van der Waals surface area contributed by atoms with E-state index in [9.17, 15) is 9.59 Å². The van der Waals surface area contributed by atoms with Crippen molar-refractivity contribution in [2.75, 3.05) is 5.32 Å². The van der Waals surface area contributed by atoms with Crippen molar-refractivity contribution in [1.82, 2.24) is 9.55 Å². The number of hydrogen-bond acceptors (Lipinski definition) is 4. The van der Waals surface area contributed by atoms with Crippen molar-refractivity contribution in [2.24, 2.45) is 0 Å². The van der Waals surface area contributed by atoms with E-state index in [1.807, 2.05) is 36.4 Å². The van der Waals surface area contributed by atoms with Crippen LogP contribution in [-0.4, -0.2) is 27.0 Å². The summed E-state index contributed by atoms with van der Waals surface area (Å²) in [4.78, 5) is 30.0. The predicted molar refractivity (Wildman–Crippen MR) is 113 cm³/mol. The van der Waals surface area contributed by atoms with Gasteiger partial charge in [-0.25, -0.2) is 9.78 Å². The van der Waals surface area contributed by atoms with Crippen molar-refractivity contribution in [3.05, 3.63) is 71.7 Å². The first-order valence-electron chi connectivity index (χ1n) is 10.3. The maximum absolute atomic E-state index is 12.9. The molecule has 3 aromatic rings. The van der Waals surface area contributed by atoms with Gasteiger partial charge < -0.3 is 14.6 Å². The molecule has 2 aliphatic rings. The number of aryl methyl sites for hydroxylation is 2. The van der Waals surface area contributed by atoms with Crippen LogP contribution in [0.2, 0.25) is 0 Å². The highest BCUT2D eigenvalue weighted by Crippen LogP contribution is 2.30. The van der Waals surface area contributed by atoms with E-state index in [0.29, 0.717) is 17.7 Å². The fourth-order valence-corrected chi connectivity index (χ4v) is 4.20. The van der Waals surface area contributed by atoms with Gasteiger partial charge in [-0.15, -0.1) is 0 Å². The van der Waals surface area contributed by atoms with Gasteiger partial charge in [0.2, 0.25) is 0 Å². The number of imidazole rings is 1. The summed E-state index contributed by atoms with van der Waals surface area (Å²) in [6.45, 7) is 2.68. The van der Waals surface area contributed by atoms with Crippen molar-refractivity contribution < 1.29 is 14.3 Å². The van der Waals surface area contributed by atoms with Crippen molar-refractivity contribution >= 4 is 17.6 Å². The van der Waals surface area contributed by atoms with E-state index < -0.39 is 11.6 Å². The molecule has 1 atom stereocenters. The third-order valence-corrected chi connectivity index (χ3v) is 5.91. The fourth-order valence-electron chi connectivity index (χ4n) is 4.20. The lowest BCUT2D eigenvalue weighted by atomic mass is 9.89. The van der Waals surface area contributed by atoms with Crippen LogP contribution in [0.3, 0.4) is 0 Å². The molecule has 30 heavy (non-hydrogen) atoms. The minimum absolute atomic E-state index is 0.337. The van der Waals surface area contributed by atoms with Crippen LogP contribution in [0.15, 0.2) is 54.7 Å². The largest absolute Gasteiger partial charge is 0.445 e. The van der Waals surface area contributed by atoms with Crippen LogP contribution in [0.4, 0.5) is 5.69 Å². The lowest BCUT2D eigenvalue weighted by Gasteiger charge is -2.33. The highest BCUT2D eigenvalue weighted by atomic mass is 16.6. The molecule has 6 nitrogen and oxygen atoms in total. The van der Waals surface area contributed by atoms with E-state index in [-0.39, 0.29) is 5.91 Å². The second-order valence-electron chi connectivity index (χ2n) is 8.18. The molecule has 152 valence electrons. The molecule has 1 N–H and O–H groups in total. The van der Waals surface area contributed by atoms with Gasteiger partial charge in [0.15, 0.2) is 5.60 Å². The number of anilines is 1. The topological polar surface area (TPSA) is 73.2 Å². The highest BCUT2D eigenvalue weighted by Gasteiger charge is 2.42. The summed E-state index contributed by atoms with van der Waals surface area (Å²) >= 11 is 0. The fraction of sp³-hybridized carbons (Fsp3) is 0.292. The number of hydrogen-bond donors (Lipinski definition) is 1. The normalized spacial score (nSPS) is 20.1. The van der Waals surface area contributed by atoms with Gasteiger partial charge in [0.25, 0.3) is 5.91 Å². The Labute approximate surface area is 174 Å². The lowest BCUT2D eigenvalue weighted by Crippen LogP contribution is -2.48. The van der Waals surface area contributed by atoms with E-state index in [0.717, 1.165) is 35.6 Å². The maximum Gasteiger partial charge on any atom is 0.339 e. The Morgan fingerprint density at radius 1 is 1.13 bits per heavy atom. The van der Waals surface area contributed by atoms with Gasteiger partial charge in [-0.3, -0.25) is 4.79 Å². The summed E-state index contributed by atoms with van der Waals surface area (Å²) in [5.41, 5.74) is 2.73. The Hall–Kier alpha value is -3.41. The van der Waals surface area contributed by atoms with Gasteiger partial charge in [-0.2, -0.15) is 0 Å². The van der Waals surface area contributed by atoms with Crippen LogP contribution in [-0.2, 0) is 28.9 Å². The Bertz CT molecular complexity index is 1110. The monoisotopic (exact) mass is 401 g/mol. The van der Waals surface area contributed by atoms with Crippen LogP contribution in [0.1, 0.15) is 41.5 Å². The smallest absolute Gasteiger partial charge is 0.339 e. The molecule has 1 unspecified atom stereocenters. The third-order valence-electron chi connectivity index (χ3n) is 5.91. The molecule has 0 bridgehead atoms. The lowest BCUT2D eigenvalue weighted by molar-refractivity contribution is -0.134. The number of nitrogens with one attached hydrogen (secondary N) is 1. The highest BCUT2D eigenvalue weighted by molar-refractivity contribution is 6.02. The van der Waals surface area contributed by atoms with E-state index in [2.05, 4.69) is 16.1 Å². The molecular weight excluding hydrogens is 378 g/mol. The molecule has 1 aromatic heterocycles. The van der Waals surface area contributed by atoms with Crippen LogP contribution in [0, 0.1) is 0 Å². The number of cyclic esters (lactones) is 1. The number of aromatic nitrogens is 2. The number of benzene rings is 2. The summed E-state index contributed by atoms with van der Waals surface area (Å²) in [6, 6.07) is 14.9. The second kappa shape index (κ2) is 7.13. The number of carbonyl (C=O) groups is 2. The van der Waals surface area contributed by atoms with Gasteiger partial charge in [0.1, 0.15) is 5.82 Å². The van der Waals surface area contributed by atoms with E-state index >= 15 is 0 Å². The van der Waals surface area contributed by atoms with Crippen molar-refractivity contribution in [1.29, 1.82) is 0 Å². The van der Waals surface area contributed by atoms with E-state index in [1.165, 1.54) is 12.8 Å². The van der Waals surface area contributed by atoms with Crippen molar-refractivity contribution in [2.45, 2.75) is 44.8 Å². The van der Waals surface area contributed by atoms with Gasteiger partial charge in [0.05, 0.1) is 11.3 Å². The third kappa shape index (κ3) is 3.28. The summed E-state index contributed by atoms with van der Waals surface area (Å²) in [7, 11) is 0. The van der Waals surface area contributed by atoms with Crippen LogP contribution in [0.25, 0.3) is 11.3 Å². The molecule has 2 aromatic carbocycles. The SMILES string of the molecule is CC1(C(=O)Nc2ccc(-c3cn4c(n3)CCCC4)cc2)Cc2ccccc2C(=O)O1. The molecule has 2 aliphatic heterocycles. The number of esters is 1. The molecule has 0 aliphatic carbocycles. The number of amides is 1. The summed E-state index contributed by atoms with van der Waals surface area (Å²) in [5, 5.41) is 2.89. The first-order valence-corrected chi connectivity index (χ1v) is 10.3. The summed E-state index contributed by atoms with van der Waals surface area (Å²) in [5.74, 6) is 0.338. The first kappa shape index (κ1) is 18.6. The molecule has 0 saturated heterocycles. The van der Waals surface area contributed by atoms with Crippen LogP contribution >= 0.6 is 0 Å². The van der Waals surface area contributed by atoms with Crippen LogP contribution in [0.5, 0.6) is 0 Å². The zero-order valence-corrected chi connectivity index (χ0v) is 16.9. The molecule has 3 heterocycles. The number of rotatable bonds is 3. The number of fused-ring (bicyclic) bond motifs is 2. The summed E-state index contributed by atoms with van der Waals surface area (Å²) < 4.78 is 7.74. The molecular formula is C24H23N3O3.